The predicted octanol–water partition coefficient (Wildman–Crippen LogP) is 4.32. The normalized spacial score (nSPS) is 18.5. The third-order valence-electron chi connectivity index (χ3n) is 5.65. The van der Waals surface area contributed by atoms with Crippen LogP contribution in [0.4, 0.5) is 0 Å². The fraction of sp³-hybridized carbons (Fsp3) is 0.280. The average Bonchev–Trinajstić information content (AvgIpc) is 3.28. The van der Waals surface area contributed by atoms with Crippen molar-refractivity contribution in [2.75, 3.05) is 13.2 Å². The van der Waals surface area contributed by atoms with Crippen molar-refractivity contribution >= 4 is 28.4 Å². The number of carbonyl (C=O) groups is 2. The summed E-state index contributed by atoms with van der Waals surface area (Å²) >= 11 is 0. The Labute approximate surface area is 181 Å². The van der Waals surface area contributed by atoms with Crippen LogP contribution >= 0.6 is 0 Å². The van der Waals surface area contributed by atoms with Gasteiger partial charge in [-0.2, -0.15) is 0 Å². The number of ether oxygens (including phenoxy) is 1. The Bertz CT molecular complexity index is 1170. The molecule has 0 bridgehead atoms. The number of ketones is 1. The first-order chi connectivity index (χ1) is 14.9. The third kappa shape index (κ3) is 3.75. The molecule has 6 heteroatoms. The number of H-pyrrole nitrogens is 1. The number of rotatable bonds is 6. The Hall–Kier alpha value is -3.38. The number of carbonyl (C=O) groups excluding carboxylic acids is 2. The SMILES string of the molecule is Cc1ccccc1C1/C(=C(\O)c2c[nH]c3ccccc23)C(=O)C(=O)N1CCOC(C)C. The second-order valence-electron chi connectivity index (χ2n) is 8.02. The van der Waals surface area contributed by atoms with Gasteiger partial charge in [0.05, 0.1) is 24.3 Å². The number of benzene rings is 2. The minimum absolute atomic E-state index is 0.0138. The van der Waals surface area contributed by atoms with Gasteiger partial charge in [0.15, 0.2) is 0 Å². The number of para-hydroxylation sites is 1. The zero-order valence-electron chi connectivity index (χ0n) is 17.9. The summed E-state index contributed by atoms with van der Waals surface area (Å²) in [7, 11) is 0. The Kier molecular flexibility index (Phi) is 5.65. The van der Waals surface area contributed by atoms with Gasteiger partial charge in [0.2, 0.25) is 0 Å². The minimum Gasteiger partial charge on any atom is -0.507 e. The fourth-order valence-electron chi connectivity index (χ4n) is 4.13. The van der Waals surface area contributed by atoms with Gasteiger partial charge in [0, 0.05) is 29.2 Å². The summed E-state index contributed by atoms with van der Waals surface area (Å²) in [6.45, 7) is 6.34. The first kappa shape index (κ1) is 20.9. The summed E-state index contributed by atoms with van der Waals surface area (Å²) < 4.78 is 5.64. The Morgan fingerprint density at radius 3 is 2.58 bits per heavy atom. The van der Waals surface area contributed by atoms with Crippen LogP contribution in [0.3, 0.4) is 0 Å². The molecule has 2 aromatic carbocycles. The molecule has 1 atom stereocenters. The molecule has 1 saturated heterocycles. The second-order valence-corrected chi connectivity index (χ2v) is 8.02. The number of nitrogens with zero attached hydrogens (tertiary/aromatic N) is 1. The lowest BCUT2D eigenvalue weighted by atomic mass is 9.92. The van der Waals surface area contributed by atoms with Gasteiger partial charge in [0.1, 0.15) is 5.76 Å². The quantitative estimate of drug-likeness (QED) is 0.355. The van der Waals surface area contributed by atoms with Gasteiger partial charge in [-0.05, 0) is 38.0 Å². The largest absolute Gasteiger partial charge is 0.507 e. The molecule has 6 nitrogen and oxygen atoms in total. The van der Waals surface area contributed by atoms with Crippen LogP contribution in [-0.4, -0.2) is 45.9 Å². The number of hydrogen-bond donors (Lipinski definition) is 2. The maximum Gasteiger partial charge on any atom is 0.295 e. The van der Waals surface area contributed by atoms with E-state index in [-0.39, 0.29) is 24.0 Å². The lowest BCUT2D eigenvalue weighted by Gasteiger charge is -2.26. The van der Waals surface area contributed by atoms with Gasteiger partial charge in [-0.25, -0.2) is 0 Å². The van der Waals surface area contributed by atoms with Gasteiger partial charge in [0.25, 0.3) is 11.7 Å². The van der Waals surface area contributed by atoms with E-state index in [0.29, 0.717) is 12.2 Å². The van der Waals surface area contributed by atoms with Gasteiger partial charge in [-0.15, -0.1) is 0 Å². The van der Waals surface area contributed by atoms with Crippen molar-refractivity contribution in [2.45, 2.75) is 32.9 Å². The zero-order chi connectivity index (χ0) is 22.1. The van der Waals surface area contributed by atoms with Crippen LogP contribution in [0.25, 0.3) is 16.7 Å². The summed E-state index contributed by atoms with van der Waals surface area (Å²) in [5.41, 5.74) is 3.21. The van der Waals surface area contributed by atoms with E-state index in [2.05, 4.69) is 4.98 Å². The minimum atomic E-state index is -0.680. The predicted molar refractivity (Wildman–Crippen MR) is 120 cm³/mol. The van der Waals surface area contributed by atoms with Gasteiger partial charge in [-0.3, -0.25) is 9.59 Å². The van der Waals surface area contributed by atoms with E-state index in [4.69, 9.17) is 4.74 Å². The van der Waals surface area contributed by atoms with Crippen molar-refractivity contribution in [1.82, 2.24) is 9.88 Å². The monoisotopic (exact) mass is 418 g/mol. The molecule has 0 saturated carbocycles. The molecule has 0 aliphatic carbocycles. The summed E-state index contributed by atoms with van der Waals surface area (Å²) in [6, 6.07) is 14.5. The lowest BCUT2D eigenvalue weighted by molar-refractivity contribution is -0.140. The summed E-state index contributed by atoms with van der Waals surface area (Å²) in [5.74, 6) is -1.47. The molecule has 1 aliphatic heterocycles. The van der Waals surface area contributed by atoms with E-state index in [9.17, 15) is 14.7 Å². The second kappa shape index (κ2) is 8.40. The number of nitrogens with one attached hydrogen (secondary N) is 1. The van der Waals surface area contributed by atoms with E-state index < -0.39 is 17.7 Å². The maximum absolute atomic E-state index is 13.1. The molecule has 0 spiro atoms. The maximum atomic E-state index is 13.1. The van der Waals surface area contributed by atoms with Crippen LogP contribution in [0.15, 0.2) is 60.3 Å². The van der Waals surface area contributed by atoms with Crippen molar-refractivity contribution in [3.8, 4) is 0 Å². The number of aliphatic hydroxyl groups is 1. The Morgan fingerprint density at radius 1 is 1.13 bits per heavy atom. The standard InChI is InChI=1S/C25H26N2O4/c1-15(2)31-13-12-27-22(17-9-5-4-8-16(17)3)21(24(29)25(27)30)23(28)19-14-26-20-11-7-6-10-18(19)20/h4-11,14-15,22,26,28H,12-13H2,1-3H3/b23-21+. The lowest BCUT2D eigenvalue weighted by Crippen LogP contribution is -2.33. The summed E-state index contributed by atoms with van der Waals surface area (Å²) in [5, 5.41) is 12.1. The highest BCUT2D eigenvalue weighted by atomic mass is 16.5. The average molecular weight is 418 g/mol. The molecular weight excluding hydrogens is 392 g/mol. The molecule has 3 aromatic rings. The van der Waals surface area contributed by atoms with Gasteiger partial charge in [-0.1, -0.05) is 42.5 Å². The van der Waals surface area contributed by atoms with Gasteiger partial charge < -0.3 is 19.7 Å². The fourth-order valence-corrected chi connectivity index (χ4v) is 4.13. The van der Waals surface area contributed by atoms with Crippen molar-refractivity contribution in [1.29, 1.82) is 0 Å². The molecule has 160 valence electrons. The van der Waals surface area contributed by atoms with Gasteiger partial charge >= 0.3 is 0 Å². The van der Waals surface area contributed by atoms with E-state index in [0.717, 1.165) is 22.0 Å². The van der Waals surface area contributed by atoms with Crippen LogP contribution < -0.4 is 0 Å². The number of fused-ring (bicyclic) bond motifs is 1. The molecular formula is C25H26N2O4. The van der Waals surface area contributed by atoms with E-state index in [1.54, 1.807) is 6.20 Å². The number of aryl methyl sites for hydroxylation is 1. The Morgan fingerprint density at radius 2 is 1.84 bits per heavy atom. The topological polar surface area (TPSA) is 82.6 Å². The van der Waals surface area contributed by atoms with Crippen molar-refractivity contribution < 1.29 is 19.4 Å². The van der Waals surface area contributed by atoms with Crippen molar-refractivity contribution in [3.05, 3.63) is 77.0 Å². The molecule has 1 fully saturated rings. The smallest absolute Gasteiger partial charge is 0.295 e. The molecule has 0 radical (unpaired) electrons. The highest BCUT2D eigenvalue weighted by molar-refractivity contribution is 6.46. The molecule has 2 N–H and O–H groups in total. The van der Waals surface area contributed by atoms with Crippen LogP contribution in [0, 0.1) is 6.92 Å². The molecule has 4 rings (SSSR count). The number of likely N-dealkylation sites (tertiary alicyclic amines) is 1. The first-order valence-electron chi connectivity index (χ1n) is 10.4. The molecule has 31 heavy (non-hydrogen) atoms. The number of Topliss-reactive ketones (excluding diaryl/α,β-unsaturated/α-hetero) is 1. The molecule has 1 amide bonds. The van der Waals surface area contributed by atoms with E-state index >= 15 is 0 Å². The van der Waals surface area contributed by atoms with Crippen LogP contribution in [0.5, 0.6) is 0 Å². The first-order valence-corrected chi connectivity index (χ1v) is 10.4. The Balaban J connectivity index is 1.86. The summed E-state index contributed by atoms with van der Waals surface area (Å²) in [6.07, 6.45) is 1.68. The third-order valence-corrected chi connectivity index (χ3v) is 5.65. The van der Waals surface area contributed by atoms with Crippen LogP contribution in [0.1, 0.15) is 36.6 Å². The number of amides is 1. The van der Waals surface area contributed by atoms with E-state index in [1.165, 1.54) is 4.90 Å². The molecule has 1 aliphatic rings. The van der Waals surface area contributed by atoms with E-state index in [1.807, 2.05) is 69.3 Å². The number of aliphatic hydroxyl groups excluding tert-OH is 1. The van der Waals surface area contributed by atoms with Crippen molar-refractivity contribution in [2.24, 2.45) is 0 Å². The molecule has 1 aromatic heterocycles. The molecule has 2 heterocycles. The number of hydrogen-bond acceptors (Lipinski definition) is 4. The number of aromatic amines is 1. The van der Waals surface area contributed by atoms with Crippen LogP contribution in [0.2, 0.25) is 0 Å². The highest BCUT2D eigenvalue weighted by Gasteiger charge is 2.46. The van der Waals surface area contributed by atoms with Crippen LogP contribution in [-0.2, 0) is 14.3 Å². The highest BCUT2D eigenvalue weighted by Crippen LogP contribution is 2.41. The molecule has 1 unspecified atom stereocenters. The zero-order valence-corrected chi connectivity index (χ0v) is 17.9. The van der Waals surface area contributed by atoms with Crippen molar-refractivity contribution in [3.63, 3.8) is 0 Å². The number of aromatic nitrogens is 1. The summed E-state index contributed by atoms with van der Waals surface area (Å²) in [4.78, 5) is 30.7.